The van der Waals surface area contributed by atoms with Crippen molar-refractivity contribution in [2.75, 3.05) is 5.75 Å². The number of benzene rings is 2. The van der Waals surface area contributed by atoms with Crippen molar-refractivity contribution in [2.24, 2.45) is 5.10 Å². The summed E-state index contributed by atoms with van der Waals surface area (Å²) in [6.07, 6.45) is 0. The van der Waals surface area contributed by atoms with E-state index in [2.05, 4.69) is 52.3 Å². The molecule has 5 nitrogen and oxygen atoms in total. The smallest absolute Gasteiger partial charge is 0.250 e. The van der Waals surface area contributed by atoms with Crippen LogP contribution in [0.2, 0.25) is 0 Å². The Kier molecular flexibility index (Phi) is 6.30. The zero-order chi connectivity index (χ0) is 20.9. The van der Waals surface area contributed by atoms with Crippen LogP contribution < -0.4 is 5.43 Å². The van der Waals surface area contributed by atoms with Gasteiger partial charge in [-0.3, -0.25) is 4.79 Å². The standard InChI is InChI=1S/C23H22N4OS2/c1-16-9-11-18(12-10-16)14-27-20-7-4-3-6-19(20)24-23(27)30-15-22(28)26-25-17(2)21-8-5-13-29-21/h3-13H,14-15H2,1-2H3,(H,26,28)/b25-17+. The topological polar surface area (TPSA) is 59.3 Å². The third-order valence-corrected chi connectivity index (χ3v) is 6.59. The van der Waals surface area contributed by atoms with Crippen LogP contribution in [-0.4, -0.2) is 26.9 Å². The number of imidazole rings is 1. The minimum absolute atomic E-state index is 0.148. The van der Waals surface area contributed by atoms with E-state index < -0.39 is 0 Å². The molecule has 1 amide bonds. The molecule has 0 fully saturated rings. The molecular weight excluding hydrogens is 412 g/mol. The van der Waals surface area contributed by atoms with Crippen LogP contribution in [0.25, 0.3) is 11.0 Å². The van der Waals surface area contributed by atoms with E-state index in [4.69, 9.17) is 4.98 Å². The Balaban J connectivity index is 1.48. The number of nitrogens with one attached hydrogen (secondary N) is 1. The summed E-state index contributed by atoms with van der Waals surface area (Å²) < 4.78 is 2.16. The highest BCUT2D eigenvalue weighted by Crippen LogP contribution is 2.25. The molecule has 0 bridgehead atoms. The highest BCUT2D eigenvalue weighted by atomic mass is 32.2. The number of fused-ring (bicyclic) bond motifs is 1. The number of thiophene rings is 1. The molecule has 4 aromatic rings. The first-order chi connectivity index (χ1) is 14.6. The Labute approximate surface area is 183 Å². The van der Waals surface area contributed by atoms with Gasteiger partial charge >= 0.3 is 0 Å². The Morgan fingerprint density at radius 2 is 1.93 bits per heavy atom. The molecule has 1 N–H and O–H groups in total. The summed E-state index contributed by atoms with van der Waals surface area (Å²) in [6.45, 7) is 4.68. The van der Waals surface area contributed by atoms with Gasteiger partial charge in [-0.2, -0.15) is 5.10 Å². The zero-order valence-electron chi connectivity index (χ0n) is 16.8. The van der Waals surface area contributed by atoms with E-state index in [-0.39, 0.29) is 11.7 Å². The van der Waals surface area contributed by atoms with Crippen LogP contribution in [0.5, 0.6) is 0 Å². The third kappa shape index (κ3) is 4.80. The van der Waals surface area contributed by atoms with Crippen LogP contribution in [-0.2, 0) is 11.3 Å². The first kappa shape index (κ1) is 20.4. The molecule has 0 aliphatic heterocycles. The maximum absolute atomic E-state index is 12.3. The minimum atomic E-state index is -0.148. The predicted octanol–water partition coefficient (Wildman–Crippen LogP) is 5.09. The molecule has 4 rings (SSSR count). The predicted molar refractivity (Wildman–Crippen MR) is 125 cm³/mol. The lowest BCUT2D eigenvalue weighted by atomic mass is 10.1. The summed E-state index contributed by atoms with van der Waals surface area (Å²) in [5.41, 5.74) is 7.88. The molecule has 0 spiro atoms. The van der Waals surface area contributed by atoms with Gasteiger partial charge in [-0.25, -0.2) is 10.4 Å². The summed E-state index contributed by atoms with van der Waals surface area (Å²) in [5.74, 6) is 0.100. The molecule has 0 saturated heterocycles. The molecule has 30 heavy (non-hydrogen) atoms. The van der Waals surface area contributed by atoms with Gasteiger partial charge in [-0.15, -0.1) is 11.3 Å². The lowest BCUT2D eigenvalue weighted by Gasteiger charge is -2.09. The van der Waals surface area contributed by atoms with Crippen molar-refractivity contribution in [3.63, 3.8) is 0 Å². The minimum Gasteiger partial charge on any atom is -0.314 e. The van der Waals surface area contributed by atoms with Crippen LogP contribution in [0, 0.1) is 6.92 Å². The number of aromatic nitrogens is 2. The van der Waals surface area contributed by atoms with Gasteiger partial charge in [0, 0.05) is 4.88 Å². The monoisotopic (exact) mass is 434 g/mol. The van der Waals surface area contributed by atoms with Gasteiger partial charge in [-0.1, -0.05) is 59.8 Å². The maximum Gasteiger partial charge on any atom is 0.250 e. The number of amides is 1. The molecule has 7 heteroatoms. The van der Waals surface area contributed by atoms with Crippen LogP contribution >= 0.6 is 23.1 Å². The summed E-state index contributed by atoms with van der Waals surface area (Å²) in [5, 5.41) is 7.02. The van der Waals surface area contributed by atoms with Crippen molar-refractivity contribution in [1.29, 1.82) is 0 Å². The largest absolute Gasteiger partial charge is 0.314 e. The van der Waals surface area contributed by atoms with Crippen molar-refractivity contribution < 1.29 is 4.79 Å². The quantitative estimate of drug-likeness (QED) is 0.250. The van der Waals surface area contributed by atoms with Gasteiger partial charge in [0.2, 0.25) is 0 Å². The fourth-order valence-electron chi connectivity index (χ4n) is 3.04. The molecule has 2 heterocycles. The molecular formula is C23H22N4OS2. The van der Waals surface area contributed by atoms with E-state index in [1.54, 1.807) is 11.3 Å². The van der Waals surface area contributed by atoms with E-state index in [1.165, 1.54) is 22.9 Å². The summed E-state index contributed by atoms with van der Waals surface area (Å²) in [7, 11) is 0. The number of rotatable bonds is 7. The zero-order valence-corrected chi connectivity index (χ0v) is 18.5. The second kappa shape index (κ2) is 9.28. The van der Waals surface area contributed by atoms with Crippen molar-refractivity contribution >= 4 is 45.8 Å². The molecule has 0 saturated carbocycles. The summed E-state index contributed by atoms with van der Waals surface area (Å²) in [6, 6.07) is 20.5. The van der Waals surface area contributed by atoms with Crippen molar-refractivity contribution in [1.82, 2.24) is 15.0 Å². The van der Waals surface area contributed by atoms with E-state index in [0.29, 0.717) is 6.54 Å². The molecule has 0 aliphatic rings. The van der Waals surface area contributed by atoms with Gasteiger partial charge in [0.05, 0.1) is 29.0 Å². The number of carbonyl (C=O) groups excluding carboxylic acids is 1. The molecule has 0 radical (unpaired) electrons. The van der Waals surface area contributed by atoms with Crippen molar-refractivity contribution in [3.8, 4) is 0 Å². The Morgan fingerprint density at radius 3 is 2.70 bits per heavy atom. The maximum atomic E-state index is 12.3. The lowest BCUT2D eigenvalue weighted by molar-refractivity contribution is -0.118. The van der Waals surface area contributed by atoms with Gasteiger partial charge in [0.15, 0.2) is 5.16 Å². The van der Waals surface area contributed by atoms with Gasteiger partial charge < -0.3 is 4.57 Å². The van der Waals surface area contributed by atoms with E-state index in [1.807, 2.05) is 42.6 Å². The first-order valence-corrected chi connectivity index (χ1v) is 11.5. The van der Waals surface area contributed by atoms with E-state index in [0.717, 1.165) is 26.8 Å². The number of hydrogen-bond acceptors (Lipinski definition) is 5. The number of hydrazone groups is 1. The Morgan fingerprint density at radius 1 is 1.13 bits per heavy atom. The molecule has 0 aliphatic carbocycles. The van der Waals surface area contributed by atoms with Crippen LogP contribution in [0.4, 0.5) is 0 Å². The van der Waals surface area contributed by atoms with Crippen molar-refractivity contribution in [3.05, 3.63) is 82.0 Å². The second-order valence-corrected chi connectivity index (χ2v) is 8.84. The summed E-state index contributed by atoms with van der Waals surface area (Å²) in [4.78, 5) is 18.1. The fraction of sp³-hybridized carbons (Fsp3) is 0.174. The number of aryl methyl sites for hydroxylation is 1. The number of para-hydroxylation sites is 2. The molecule has 2 aromatic carbocycles. The fourth-order valence-corrected chi connectivity index (χ4v) is 4.52. The first-order valence-electron chi connectivity index (χ1n) is 9.61. The molecule has 152 valence electrons. The normalized spacial score (nSPS) is 11.7. The van der Waals surface area contributed by atoms with Crippen molar-refractivity contribution in [2.45, 2.75) is 25.5 Å². The highest BCUT2D eigenvalue weighted by Gasteiger charge is 2.13. The molecule has 2 aromatic heterocycles. The molecule has 0 atom stereocenters. The van der Waals surface area contributed by atoms with Crippen LogP contribution in [0.1, 0.15) is 22.9 Å². The summed E-state index contributed by atoms with van der Waals surface area (Å²) >= 11 is 3.02. The van der Waals surface area contributed by atoms with Gasteiger partial charge in [-0.05, 0) is 43.0 Å². The van der Waals surface area contributed by atoms with Crippen LogP contribution in [0.3, 0.4) is 0 Å². The van der Waals surface area contributed by atoms with Crippen LogP contribution in [0.15, 0.2) is 76.3 Å². The van der Waals surface area contributed by atoms with E-state index in [9.17, 15) is 4.79 Å². The average molecular weight is 435 g/mol. The SMILES string of the molecule is C/C(=N\NC(=O)CSc1nc2ccccc2n1Cc1ccc(C)cc1)c1cccs1. The number of nitrogens with zero attached hydrogens (tertiary/aromatic N) is 3. The van der Waals surface area contributed by atoms with Gasteiger partial charge in [0.25, 0.3) is 5.91 Å². The average Bonchev–Trinajstić information content (AvgIpc) is 3.41. The lowest BCUT2D eigenvalue weighted by Crippen LogP contribution is -2.21. The number of carbonyl (C=O) groups is 1. The second-order valence-electron chi connectivity index (χ2n) is 6.95. The molecule has 0 unspecified atom stereocenters. The number of hydrogen-bond donors (Lipinski definition) is 1. The highest BCUT2D eigenvalue weighted by molar-refractivity contribution is 7.99. The Bertz CT molecular complexity index is 1180. The Hall–Kier alpha value is -2.90. The van der Waals surface area contributed by atoms with E-state index >= 15 is 0 Å². The number of thioether (sulfide) groups is 1. The third-order valence-electron chi connectivity index (χ3n) is 4.64. The van der Waals surface area contributed by atoms with Gasteiger partial charge in [0.1, 0.15) is 0 Å².